The molecule has 0 aromatic carbocycles. The average molecular weight is 214 g/mol. The van der Waals surface area contributed by atoms with Crippen molar-refractivity contribution in [3.63, 3.8) is 0 Å². The minimum atomic E-state index is -0.0922. The third-order valence-electron chi connectivity index (χ3n) is 3.31. The van der Waals surface area contributed by atoms with Crippen molar-refractivity contribution < 1.29 is 5.11 Å². The number of nitrogens with one attached hydrogen (secondary N) is 1. The van der Waals surface area contributed by atoms with Crippen molar-refractivity contribution in [3.05, 3.63) is 0 Å². The van der Waals surface area contributed by atoms with Gasteiger partial charge in [-0.15, -0.1) is 0 Å². The summed E-state index contributed by atoms with van der Waals surface area (Å²) in [6, 6.07) is 0. The quantitative estimate of drug-likeness (QED) is 0.694. The van der Waals surface area contributed by atoms with Crippen molar-refractivity contribution >= 4 is 0 Å². The second kappa shape index (κ2) is 5.83. The summed E-state index contributed by atoms with van der Waals surface area (Å²) in [7, 11) is 2.02. The van der Waals surface area contributed by atoms with E-state index >= 15 is 0 Å². The molecule has 1 fully saturated rings. The number of aliphatic hydroxyl groups excluding tert-OH is 1. The molecule has 0 aromatic heterocycles. The van der Waals surface area contributed by atoms with Gasteiger partial charge in [-0.1, -0.05) is 20.3 Å². The van der Waals surface area contributed by atoms with E-state index in [1.807, 2.05) is 7.05 Å². The third kappa shape index (κ3) is 4.09. The van der Waals surface area contributed by atoms with Crippen molar-refractivity contribution in [2.75, 3.05) is 33.2 Å². The number of nitrogens with zero attached hydrogens (tertiary/aromatic N) is 1. The highest BCUT2D eigenvalue weighted by Crippen LogP contribution is 2.25. The summed E-state index contributed by atoms with van der Waals surface area (Å²) in [6.07, 6.45) is 3.34. The summed E-state index contributed by atoms with van der Waals surface area (Å²) in [5.74, 6) is 0. The maximum atomic E-state index is 9.50. The van der Waals surface area contributed by atoms with Gasteiger partial charge in [0.2, 0.25) is 0 Å². The lowest BCUT2D eigenvalue weighted by Crippen LogP contribution is -2.41. The Labute approximate surface area is 93.9 Å². The Hall–Kier alpha value is -0.120. The summed E-state index contributed by atoms with van der Waals surface area (Å²) in [6.45, 7) is 8.68. The molecule has 0 spiro atoms. The van der Waals surface area contributed by atoms with E-state index < -0.39 is 0 Å². The molecule has 0 amide bonds. The van der Waals surface area contributed by atoms with Crippen molar-refractivity contribution in [2.24, 2.45) is 5.41 Å². The summed E-state index contributed by atoms with van der Waals surface area (Å²) < 4.78 is 0. The fraction of sp³-hybridized carbons (Fsp3) is 1.00. The number of aliphatic hydroxyl groups is 1. The molecule has 90 valence electrons. The average Bonchev–Trinajstić information content (AvgIpc) is 2.51. The highest BCUT2D eigenvalue weighted by molar-refractivity contribution is 4.84. The number of hydrogen-bond donors (Lipinski definition) is 2. The van der Waals surface area contributed by atoms with Crippen LogP contribution in [0, 0.1) is 5.41 Å². The van der Waals surface area contributed by atoms with Crippen LogP contribution < -0.4 is 5.32 Å². The van der Waals surface area contributed by atoms with E-state index in [0.29, 0.717) is 5.41 Å². The molecule has 0 saturated carbocycles. The predicted molar refractivity (Wildman–Crippen MR) is 64.0 cm³/mol. The van der Waals surface area contributed by atoms with Crippen LogP contribution in [0.4, 0.5) is 0 Å². The molecule has 15 heavy (non-hydrogen) atoms. The lowest BCUT2D eigenvalue weighted by Gasteiger charge is -2.33. The zero-order chi connectivity index (χ0) is 11.3. The lowest BCUT2D eigenvalue weighted by molar-refractivity contribution is 0.141. The minimum Gasteiger partial charge on any atom is -0.392 e. The molecule has 0 radical (unpaired) electrons. The van der Waals surface area contributed by atoms with Crippen LogP contribution in [0.3, 0.4) is 0 Å². The van der Waals surface area contributed by atoms with Crippen molar-refractivity contribution in [1.29, 1.82) is 0 Å². The topological polar surface area (TPSA) is 35.5 Å². The first-order chi connectivity index (χ1) is 7.09. The molecule has 3 heteroatoms. The summed E-state index contributed by atoms with van der Waals surface area (Å²) in [5.41, 5.74) is 0.355. The van der Waals surface area contributed by atoms with Crippen LogP contribution in [0.1, 0.15) is 33.1 Å². The van der Waals surface area contributed by atoms with E-state index in [4.69, 9.17) is 0 Å². The Bertz CT molecular complexity index is 178. The first-order valence-corrected chi connectivity index (χ1v) is 6.14. The van der Waals surface area contributed by atoms with Crippen LogP contribution in [0.5, 0.6) is 0 Å². The van der Waals surface area contributed by atoms with Gasteiger partial charge in [-0.2, -0.15) is 0 Å². The zero-order valence-corrected chi connectivity index (χ0v) is 10.4. The van der Waals surface area contributed by atoms with Gasteiger partial charge in [0.1, 0.15) is 0 Å². The molecule has 3 nitrogen and oxygen atoms in total. The van der Waals surface area contributed by atoms with E-state index in [1.54, 1.807) is 0 Å². The molecule has 1 saturated heterocycles. The minimum absolute atomic E-state index is 0.0922. The molecule has 1 aliphatic heterocycles. The Morgan fingerprint density at radius 3 is 2.73 bits per heavy atom. The molecule has 0 bridgehead atoms. The molecule has 2 atom stereocenters. The van der Waals surface area contributed by atoms with E-state index in [1.165, 1.54) is 12.8 Å². The van der Waals surface area contributed by atoms with Gasteiger partial charge in [0.25, 0.3) is 0 Å². The van der Waals surface area contributed by atoms with Gasteiger partial charge in [-0.25, -0.2) is 0 Å². The van der Waals surface area contributed by atoms with Gasteiger partial charge < -0.3 is 15.3 Å². The highest BCUT2D eigenvalue weighted by atomic mass is 16.3. The van der Waals surface area contributed by atoms with Crippen molar-refractivity contribution in [3.8, 4) is 0 Å². The van der Waals surface area contributed by atoms with E-state index in [0.717, 1.165) is 32.6 Å². The zero-order valence-electron chi connectivity index (χ0n) is 10.4. The fourth-order valence-electron chi connectivity index (χ4n) is 2.75. The van der Waals surface area contributed by atoms with Gasteiger partial charge >= 0.3 is 0 Å². The van der Waals surface area contributed by atoms with Gasteiger partial charge in [-0.3, -0.25) is 0 Å². The van der Waals surface area contributed by atoms with Gasteiger partial charge in [0, 0.05) is 26.2 Å². The Morgan fingerprint density at radius 2 is 2.27 bits per heavy atom. The number of rotatable bonds is 6. The second-order valence-corrected chi connectivity index (χ2v) is 5.27. The summed E-state index contributed by atoms with van der Waals surface area (Å²) >= 11 is 0. The molecule has 0 aliphatic carbocycles. The van der Waals surface area contributed by atoms with Crippen LogP contribution in [-0.2, 0) is 0 Å². The van der Waals surface area contributed by atoms with Crippen molar-refractivity contribution in [2.45, 2.75) is 39.2 Å². The van der Waals surface area contributed by atoms with E-state index in [2.05, 4.69) is 24.1 Å². The Balaban J connectivity index is 2.43. The van der Waals surface area contributed by atoms with Gasteiger partial charge in [0.05, 0.1) is 6.10 Å². The van der Waals surface area contributed by atoms with Gasteiger partial charge in [-0.05, 0) is 25.3 Å². The van der Waals surface area contributed by atoms with Crippen LogP contribution in [0.15, 0.2) is 0 Å². The first-order valence-electron chi connectivity index (χ1n) is 6.14. The molecule has 0 aromatic rings. The lowest BCUT2D eigenvalue weighted by atomic mass is 9.85. The number of β-amino-alcohol motifs (C(OH)–C–C–N with tert-alkyl or cyclic N) is 1. The van der Waals surface area contributed by atoms with Crippen LogP contribution in [-0.4, -0.2) is 49.3 Å². The normalized spacial score (nSPS) is 26.8. The molecule has 1 aliphatic rings. The molecular formula is C12H26N2O. The Kier molecular flexibility index (Phi) is 5.03. The highest BCUT2D eigenvalue weighted by Gasteiger charge is 2.29. The largest absolute Gasteiger partial charge is 0.392 e. The van der Waals surface area contributed by atoms with Crippen molar-refractivity contribution in [1.82, 2.24) is 10.2 Å². The van der Waals surface area contributed by atoms with Crippen LogP contribution in [0.25, 0.3) is 0 Å². The molecule has 2 unspecified atom stereocenters. The van der Waals surface area contributed by atoms with E-state index in [-0.39, 0.29) is 6.10 Å². The number of likely N-dealkylation sites (tertiary alicyclic amines) is 1. The summed E-state index contributed by atoms with van der Waals surface area (Å²) in [5, 5.41) is 12.8. The smallest absolute Gasteiger partial charge is 0.0679 e. The fourth-order valence-corrected chi connectivity index (χ4v) is 2.75. The standard InChI is InChI=1S/C12H26N2O/c1-4-6-12(2,9-13-3)10-14-7-5-11(15)8-14/h11,13,15H,4-10H2,1-3H3. The number of hydrogen-bond acceptors (Lipinski definition) is 3. The summed E-state index contributed by atoms with van der Waals surface area (Å²) in [4.78, 5) is 2.40. The first kappa shape index (κ1) is 12.9. The molecule has 2 N–H and O–H groups in total. The monoisotopic (exact) mass is 214 g/mol. The third-order valence-corrected chi connectivity index (χ3v) is 3.31. The predicted octanol–water partition coefficient (Wildman–Crippen LogP) is 1.08. The van der Waals surface area contributed by atoms with Crippen LogP contribution >= 0.6 is 0 Å². The second-order valence-electron chi connectivity index (χ2n) is 5.27. The maximum absolute atomic E-state index is 9.50. The van der Waals surface area contributed by atoms with E-state index in [9.17, 15) is 5.11 Å². The Morgan fingerprint density at radius 1 is 1.53 bits per heavy atom. The maximum Gasteiger partial charge on any atom is 0.0679 e. The molecule has 1 heterocycles. The molecular weight excluding hydrogens is 188 g/mol. The SMILES string of the molecule is CCCC(C)(CNC)CN1CCC(O)C1. The van der Waals surface area contributed by atoms with Crippen LogP contribution in [0.2, 0.25) is 0 Å². The molecule has 1 rings (SSSR count). The van der Waals surface area contributed by atoms with Gasteiger partial charge in [0.15, 0.2) is 0 Å².